The Balaban J connectivity index is 2.39. The van der Waals surface area contributed by atoms with Crippen LogP contribution in [0.2, 0.25) is 0 Å². The van der Waals surface area contributed by atoms with Gasteiger partial charge in [0.15, 0.2) is 0 Å². The van der Waals surface area contributed by atoms with E-state index in [0.29, 0.717) is 19.4 Å². The molecule has 0 aromatic rings. The third kappa shape index (κ3) is 2.98. The van der Waals surface area contributed by atoms with Crippen molar-refractivity contribution in [2.24, 2.45) is 0 Å². The van der Waals surface area contributed by atoms with Gasteiger partial charge in [0.1, 0.15) is 0 Å². The molecule has 5 heteroatoms. The molecule has 0 amide bonds. The van der Waals surface area contributed by atoms with Crippen molar-refractivity contribution in [2.45, 2.75) is 37.6 Å². The Bertz CT molecular complexity index is 146. The summed E-state index contributed by atoms with van der Waals surface area (Å²) in [6, 6.07) is 0. The van der Waals surface area contributed by atoms with Crippen LogP contribution >= 0.6 is 0 Å². The van der Waals surface area contributed by atoms with Crippen molar-refractivity contribution in [3.05, 3.63) is 0 Å². The van der Waals surface area contributed by atoms with Crippen LogP contribution in [0.4, 0.5) is 13.2 Å². The van der Waals surface area contributed by atoms with Gasteiger partial charge in [-0.1, -0.05) is 0 Å². The number of halogens is 3. The van der Waals surface area contributed by atoms with Gasteiger partial charge in [0.25, 0.3) is 0 Å². The minimum absolute atomic E-state index is 0.317. The molecule has 72 valence electrons. The first kappa shape index (κ1) is 9.80. The summed E-state index contributed by atoms with van der Waals surface area (Å²) in [5.41, 5.74) is 0. The maximum atomic E-state index is 11.8. The maximum Gasteiger partial charge on any atom is 0.391 e. The van der Waals surface area contributed by atoms with Crippen molar-refractivity contribution in [1.29, 1.82) is 0 Å². The smallest absolute Gasteiger partial charge is 0.390 e. The summed E-state index contributed by atoms with van der Waals surface area (Å²) >= 11 is 0. The van der Waals surface area contributed by atoms with E-state index in [1.54, 1.807) is 0 Å². The number of hydrogen-bond donors (Lipinski definition) is 1. The van der Waals surface area contributed by atoms with Crippen molar-refractivity contribution >= 4 is 0 Å². The van der Waals surface area contributed by atoms with Crippen LogP contribution in [0, 0.1) is 0 Å². The Kier molecular flexibility index (Phi) is 2.95. The number of ether oxygens (including phenoxy) is 1. The summed E-state index contributed by atoms with van der Waals surface area (Å²) in [5.74, 6) is 0. The summed E-state index contributed by atoms with van der Waals surface area (Å²) in [4.78, 5) is 0. The SMILES string of the molecule is OC1CCCOC1CC(F)(F)F. The number of rotatable bonds is 1. The van der Waals surface area contributed by atoms with Crippen molar-refractivity contribution in [3.8, 4) is 0 Å². The molecule has 0 spiro atoms. The van der Waals surface area contributed by atoms with Crippen molar-refractivity contribution in [1.82, 2.24) is 0 Å². The van der Waals surface area contributed by atoms with E-state index in [4.69, 9.17) is 9.84 Å². The molecule has 2 nitrogen and oxygen atoms in total. The maximum absolute atomic E-state index is 11.8. The van der Waals surface area contributed by atoms with Crippen LogP contribution in [0.3, 0.4) is 0 Å². The molecule has 0 radical (unpaired) electrons. The van der Waals surface area contributed by atoms with Gasteiger partial charge in [-0.3, -0.25) is 0 Å². The standard InChI is InChI=1S/C7H11F3O2/c8-7(9,10)4-6-5(11)2-1-3-12-6/h5-6,11H,1-4H2. The van der Waals surface area contributed by atoms with Gasteiger partial charge >= 0.3 is 6.18 Å². The Hall–Kier alpha value is -0.290. The molecule has 0 saturated carbocycles. The quantitative estimate of drug-likeness (QED) is 0.668. The van der Waals surface area contributed by atoms with Gasteiger partial charge in [-0.15, -0.1) is 0 Å². The molecule has 1 aliphatic rings. The lowest BCUT2D eigenvalue weighted by Gasteiger charge is -2.28. The normalized spacial score (nSPS) is 32.0. The molecule has 0 aromatic carbocycles. The summed E-state index contributed by atoms with van der Waals surface area (Å²) in [6.07, 6.45) is -6.27. The molecule has 12 heavy (non-hydrogen) atoms. The van der Waals surface area contributed by atoms with Gasteiger partial charge < -0.3 is 9.84 Å². The largest absolute Gasteiger partial charge is 0.391 e. The molecule has 2 atom stereocenters. The Morgan fingerprint density at radius 2 is 2.08 bits per heavy atom. The zero-order chi connectivity index (χ0) is 9.19. The molecule has 2 unspecified atom stereocenters. The highest BCUT2D eigenvalue weighted by molar-refractivity contribution is 4.75. The molecule has 1 heterocycles. The van der Waals surface area contributed by atoms with Crippen molar-refractivity contribution < 1.29 is 23.0 Å². The van der Waals surface area contributed by atoms with Crippen LogP contribution in [0.25, 0.3) is 0 Å². The van der Waals surface area contributed by atoms with E-state index in [9.17, 15) is 13.2 Å². The minimum Gasteiger partial charge on any atom is -0.390 e. The second kappa shape index (κ2) is 3.62. The van der Waals surface area contributed by atoms with E-state index in [-0.39, 0.29) is 0 Å². The number of aliphatic hydroxyl groups excluding tert-OH is 1. The zero-order valence-electron chi connectivity index (χ0n) is 6.47. The van der Waals surface area contributed by atoms with E-state index in [0.717, 1.165) is 0 Å². The molecule has 0 aromatic heterocycles. The van der Waals surface area contributed by atoms with E-state index in [1.165, 1.54) is 0 Å². The summed E-state index contributed by atoms with van der Waals surface area (Å²) in [6.45, 7) is 0.317. The van der Waals surface area contributed by atoms with Crippen LogP contribution in [-0.4, -0.2) is 30.1 Å². The Morgan fingerprint density at radius 3 is 2.58 bits per heavy atom. The molecule has 0 aliphatic carbocycles. The van der Waals surface area contributed by atoms with E-state index in [1.807, 2.05) is 0 Å². The zero-order valence-corrected chi connectivity index (χ0v) is 6.47. The first-order valence-corrected chi connectivity index (χ1v) is 3.85. The lowest BCUT2D eigenvalue weighted by atomic mass is 10.0. The Labute approximate surface area is 68.3 Å². The summed E-state index contributed by atoms with van der Waals surface area (Å²) < 4.78 is 40.3. The van der Waals surface area contributed by atoms with E-state index in [2.05, 4.69) is 0 Å². The molecular weight excluding hydrogens is 173 g/mol. The first-order valence-electron chi connectivity index (χ1n) is 3.85. The second-order valence-electron chi connectivity index (χ2n) is 2.94. The van der Waals surface area contributed by atoms with Gasteiger partial charge in [0, 0.05) is 6.61 Å². The third-order valence-electron chi connectivity index (χ3n) is 1.84. The van der Waals surface area contributed by atoms with Gasteiger partial charge in [-0.25, -0.2) is 0 Å². The number of aliphatic hydroxyl groups is 1. The minimum atomic E-state index is -4.25. The average Bonchev–Trinajstić information content (AvgIpc) is 1.91. The highest BCUT2D eigenvalue weighted by Crippen LogP contribution is 2.27. The van der Waals surface area contributed by atoms with Gasteiger partial charge in [-0.05, 0) is 12.8 Å². The predicted octanol–water partition coefficient (Wildman–Crippen LogP) is 1.48. The molecule has 1 N–H and O–H groups in total. The predicted molar refractivity (Wildman–Crippen MR) is 35.7 cm³/mol. The van der Waals surface area contributed by atoms with Gasteiger partial charge in [0.05, 0.1) is 18.6 Å². The van der Waals surface area contributed by atoms with E-state index >= 15 is 0 Å². The van der Waals surface area contributed by atoms with Crippen LogP contribution in [0.1, 0.15) is 19.3 Å². The molecule has 1 fully saturated rings. The lowest BCUT2D eigenvalue weighted by Crippen LogP contribution is -2.37. The summed E-state index contributed by atoms with van der Waals surface area (Å²) in [7, 11) is 0. The highest BCUT2D eigenvalue weighted by Gasteiger charge is 2.36. The Morgan fingerprint density at radius 1 is 1.42 bits per heavy atom. The first-order chi connectivity index (χ1) is 5.49. The van der Waals surface area contributed by atoms with Crippen LogP contribution in [0.15, 0.2) is 0 Å². The molecular formula is C7H11F3O2. The molecule has 1 saturated heterocycles. The number of alkyl halides is 3. The fourth-order valence-electron chi connectivity index (χ4n) is 1.25. The second-order valence-corrected chi connectivity index (χ2v) is 2.94. The van der Waals surface area contributed by atoms with Crippen molar-refractivity contribution in [2.75, 3.05) is 6.61 Å². The monoisotopic (exact) mass is 184 g/mol. The van der Waals surface area contributed by atoms with Crippen LogP contribution in [-0.2, 0) is 4.74 Å². The fourth-order valence-corrected chi connectivity index (χ4v) is 1.25. The lowest BCUT2D eigenvalue weighted by molar-refractivity contribution is -0.184. The van der Waals surface area contributed by atoms with Gasteiger partial charge in [0.2, 0.25) is 0 Å². The number of hydrogen-bond acceptors (Lipinski definition) is 2. The van der Waals surface area contributed by atoms with Crippen LogP contribution < -0.4 is 0 Å². The average molecular weight is 184 g/mol. The molecule has 0 bridgehead atoms. The topological polar surface area (TPSA) is 29.5 Å². The van der Waals surface area contributed by atoms with E-state index < -0.39 is 24.8 Å². The van der Waals surface area contributed by atoms with Crippen LogP contribution in [0.5, 0.6) is 0 Å². The van der Waals surface area contributed by atoms with Gasteiger partial charge in [-0.2, -0.15) is 13.2 Å². The molecule has 1 aliphatic heterocycles. The highest BCUT2D eigenvalue weighted by atomic mass is 19.4. The summed E-state index contributed by atoms with van der Waals surface area (Å²) in [5, 5.41) is 9.11. The fraction of sp³-hybridized carbons (Fsp3) is 1.00. The molecule has 1 rings (SSSR count). The third-order valence-corrected chi connectivity index (χ3v) is 1.84. The van der Waals surface area contributed by atoms with Crippen molar-refractivity contribution in [3.63, 3.8) is 0 Å².